The number of phenols is 1. The Bertz CT molecular complexity index is 1600. The smallest absolute Gasteiger partial charge is 0.348 e. The zero-order valence-electron chi connectivity index (χ0n) is 19.6. The molecule has 0 unspecified atom stereocenters. The van der Waals surface area contributed by atoms with Crippen molar-refractivity contribution in [3.05, 3.63) is 26.9 Å². The average molecular weight is 522 g/mol. The van der Waals surface area contributed by atoms with Crippen molar-refractivity contribution in [3.63, 3.8) is 0 Å². The maximum atomic E-state index is 13.1. The summed E-state index contributed by atoms with van der Waals surface area (Å²) in [5.74, 6) is -1.45. The van der Waals surface area contributed by atoms with Crippen molar-refractivity contribution in [2.24, 2.45) is 0 Å². The summed E-state index contributed by atoms with van der Waals surface area (Å²) in [7, 11) is 3.69. The third kappa shape index (κ3) is 3.45. The van der Waals surface area contributed by atoms with Crippen LogP contribution in [-0.2, 0) is 4.74 Å². The van der Waals surface area contributed by atoms with Gasteiger partial charge in [0.25, 0.3) is 0 Å². The molecule has 14 heteroatoms. The number of hydrogen-bond donors (Lipinski definition) is 5. The Labute approximate surface area is 205 Å². The van der Waals surface area contributed by atoms with Gasteiger partial charge in [0.2, 0.25) is 23.5 Å². The van der Waals surface area contributed by atoms with E-state index in [4.69, 9.17) is 32.5 Å². The highest BCUT2D eigenvalue weighted by Gasteiger charge is 2.45. The molecule has 0 bridgehead atoms. The summed E-state index contributed by atoms with van der Waals surface area (Å²) in [6, 6.07) is 1.17. The third-order valence-electron chi connectivity index (χ3n) is 6.31. The molecule has 2 aromatic carbocycles. The van der Waals surface area contributed by atoms with Crippen molar-refractivity contribution in [3.8, 4) is 28.7 Å². The minimum absolute atomic E-state index is 0.00584. The summed E-state index contributed by atoms with van der Waals surface area (Å²) in [6.07, 6.45) is -8.04. The van der Waals surface area contributed by atoms with Gasteiger partial charge in [-0.2, -0.15) is 0 Å². The van der Waals surface area contributed by atoms with Crippen LogP contribution >= 0.6 is 0 Å². The van der Waals surface area contributed by atoms with Crippen LogP contribution in [0.1, 0.15) is 0 Å². The molecule has 0 radical (unpaired) electrons. The second kappa shape index (κ2) is 8.93. The van der Waals surface area contributed by atoms with Gasteiger partial charge in [-0.15, -0.1) is 0 Å². The molecule has 0 spiro atoms. The molecule has 1 fully saturated rings. The number of benzene rings is 2. The van der Waals surface area contributed by atoms with Gasteiger partial charge < -0.3 is 58.1 Å². The summed E-state index contributed by atoms with van der Waals surface area (Å²) in [5, 5.41) is 50.2. The highest BCUT2D eigenvalue weighted by molar-refractivity contribution is 6.23. The summed E-state index contributed by atoms with van der Waals surface area (Å²) in [4.78, 5) is 26.1. The lowest BCUT2D eigenvalue weighted by Gasteiger charge is -2.39. The Morgan fingerprint density at radius 3 is 2.05 bits per heavy atom. The van der Waals surface area contributed by atoms with E-state index < -0.39 is 54.3 Å². The first-order chi connectivity index (χ1) is 17.7. The lowest BCUT2D eigenvalue weighted by atomic mass is 9.99. The predicted molar refractivity (Wildman–Crippen MR) is 123 cm³/mol. The summed E-state index contributed by atoms with van der Waals surface area (Å²) in [5.41, 5.74) is -2.40. The third-order valence-corrected chi connectivity index (χ3v) is 6.31. The van der Waals surface area contributed by atoms with Gasteiger partial charge in [0, 0.05) is 5.39 Å². The first-order valence-corrected chi connectivity index (χ1v) is 10.9. The van der Waals surface area contributed by atoms with Gasteiger partial charge in [0.1, 0.15) is 29.8 Å². The fourth-order valence-electron chi connectivity index (χ4n) is 4.56. The normalized spacial score (nSPS) is 24.1. The van der Waals surface area contributed by atoms with E-state index in [1.165, 1.54) is 27.4 Å². The van der Waals surface area contributed by atoms with E-state index in [2.05, 4.69) is 0 Å². The molecular formula is C23H22O14. The Morgan fingerprint density at radius 1 is 0.811 bits per heavy atom. The molecule has 198 valence electrons. The van der Waals surface area contributed by atoms with E-state index in [0.717, 1.165) is 0 Å². The zero-order valence-corrected chi connectivity index (χ0v) is 19.6. The van der Waals surface area contributed by atoms with Crippen LogP contribution in [0.3, 0.4) is 0 Å². The first-order valence-electron chi connectivity index (χ1n) is 10.9. The number of rotatable bonds is 6. The van der Waals surface area contributed by atoms with Crippen LogP contribution in [0, 0.1) is 0 Å². The van der Waals surface area contributed by atoms with E-state index in [9.17, 15) is 35.1 Å². The molecule has 5 N–H and O–H groups in total. The SMILES string of the molecule is COc1c(OC)c2oc(=O)c3cc(O[C@H]4O[C@@H](CO)[C@H](O)[C@@H](O)[C@@H]4O)c(OC)c4oc(=O)c(c1O)c2c43. The minimum atomic E-state index is -1.77. The number of aliphatic hydroxyl groups excluding tert-OH is 4. The Balaban J connectivity index is 1.81. The molecular weight excluding hydrogens is 500 g/mol. The number of aromatic hydroxyl groups is 1. The van der Waals surface area contributed by atoms with Crippen LogP contribution in [-0.4, -0.2) is 84.2 Å². The first kappa shape index (κ1) is 24.9. The average Bonchev–Trinajstić information content (AvgIpc) is 2.88. The van der Waals surface area contributed by atoms with E-state index >= 15 is 0 Å². The quantitative estimate of drug-likeness (QED) is 0.158. The second-order valence-electron chi connectivity index (χ2n) is 8.25. The summed E-state index contributed by atoms with van der Waals surface area (Å²) >= 11 is 0. The Kier molecular flexibility index (Phi) is 6.00. The molecule has 1 aliphatic rings. The Hall–Kier alpha value is -3.82. The van der Waals surface area contributed by atoms with Gasteiger partial charge in [-0.05, 0) is 6.07 Å². The monoisotopic (exact) mass is 522 g/mol. The topological polar surface area (TPSA) is 208 Å². The van der Waals surface area contributed by atoms with Crippen molar-refractivity contribution in [2.45, 2.75) is 30.7 Å². The van der Waals surface area contributed by atoms with Crippen LogP contribution in [0.25, 0.3) is 32.7 Å². The van der Waals surface area contributed by atoms with E-state index in [1.54, 1.807) is 0 Å². The highest BCUT2D eigenvalue weighted by atomic mass is 16.7. The van der Waals surface area contributed by atoms with Crippen LogP contribution in [0.15, 0.2) is 24.5 Å². The van der Waals surface area contributed by atoms with Gasteiger partial charge in [0.05, 0.1) is 38.7 Å². The molecule has 1 saturated heterocycles. The summed E-state index contributed by atoms with van der Waals surface area (Å²) in [6.45, 7) is -0.699. The summed E-state index contributed by atoms with van der Waals surface area (Å²) < 4.78 is 37.8. The molecule has 5 rings (SSSR count). The number of ether oxygens (including phenoxy) is 5. The van der Waals surface area contributed by atoms with Gasteiger partial charge in [0.15, 0.2) is 22.7 Å². The predicted octanol–water partition coefficient (Wildman–Crippen LogP) is -0.600. The van der Waals surface area contributed by atoms with Gasteiger partial charge >= 0.3 is 11.3 Å². The van der Waals surface area contributed by atoms with Gasteiger partial charge in [-0.3, -0.25) is 0 Å². The lowest BCUT2D eigenvalue weighted by molar-refractivity contribution is -0.277. The number of phenolic OH excluding ortho intramolecular Hbond substituents is 1. The van der Waals surface area contributed by atoms with Crippen molar-refractivity contribution in [2.75, 3.05) is 27.9 Å². The molecule has 2 aromatic heterocycles. The standard InChI is InChI=1S/C23H22O14/c1-31-16-7(34-23-15(28)14(27)12(25)8(5-24)35-23)4-6-9-10-11(22(30)37-17(9)16)13(26)19(32-2)20(33-3)18(10)36-21(6)29/h4,8,12,14-15,23-28H,5H2,1-3H3/t8-,12-,14+,15-,23-/m0/s1. The fraction of sp³-hybridized carbons (Fsp3) is 0.391. The van der Waals surface area contributed by atoms with Crippen LogP contribution in [0.5, 0.6) is 28.7 Å². The number of hydrogen-bond acceptors (Lipinski definition) is 14. The van der Waals surface area contributed by atoms with Crippen molar-refractivity contribution >= 4 is 32.7 Å². The molecule has 0 amide bonds. The van der Waals surface area contributed by atoms with E-state index in [1.807, 2.05) is 0 Å². The van der Waals surface area contributed by atoms with Crippen LogP contribution in [0.4, 0.5) is 0 Å². The molecule has 3 heterocycles. The molecule has 0 aliphatic carbocycles. The molecule has 0 saturated carbocycles. The Morgan fingerprint density at radius 2 is 1.43 bits per heavy atom. The zero-order chi connectivity index (χ0) is 26.8. The van der Waals surface area contributed by atoms with Crippen molar-refractivity contribution in [1.82, 2.24) is 0 Å². The molecule has 4 aromatic rings. The van der Waals surface area contributed by atoms with Crippen molar-refractivity contribution in [1.29, 1.82) is 0 Å². The molecule has 37 heavy (non-hydrogen) atoms. The number of aliphatic hydroxyl groups is 4. The van der Waals surface area contributed by atoms with E-state index in [0.29, 0.717) is 0 Å². The maximum Gasteiger partial charge on any atom is 0.348 e. The lowest BCUT2D eigenvalue weighted by Crippen LogP contribution is -2.60. The van der Waals surface area contributed by atoms with Crippen molar-refractivity contribution < 1.29 is 58.1 Å². The molecule has 14 nitrogen and oxygen atoms in total. The fourth-order valence-corrected chi connectivity index (χ4v) is 4.56. The maximum absolute atomic E-state index is 13.1. The van der Waals surface area contributed by atoms with Crippen LogP contribution in [0.2, 0.25) is 0 Å². The van der Waals surface area contributed by atoms with Gasteiger partial charge in [-0.25, -0.2) is 9.59 Å². The minimum Gasteiger partial charge on any atom is -0.504 e. The second-order valence-corrected chi connectivity index (χ2v) is 8.25. The highest BCUT2D eigenvalue weighted by Crippen LogP contribution is 2.50. The van der Waals surface area contributed by atoms with Crippen LogP contribution < -0.4 is 30.2 Å². The molecule has 1 aliphatic heterocycles. The number of methoxy groups -OCH3 is 3. The van der Waals surface area contributed by atoms with Gasteiger partial charge in [-0.1, -0.05) is 0 Å². The van der Waals surface area contributed by atoms with E-state index in [-0.39, 0.29) is 55.7 Å². The largest absolute Gasteiger partial charge is 0.504 e. The molecule has 5 atom stereocenters.